The summed E-state index contributed by atoms with van der Waals surface area (Å²) >= 11 is 5.47. The summed E-state index contributed by atoms with van der Waals surface area (Å²) in [7, 11) is -3.37. The van der Waals surface area contributed by atoms with Gasteiger partial charge in [0.25, 0.3) is 0 Å². The zero-order valence-corrected chi connectivity index (χ0v) is 9.87. The molecule has 0 aliphatic rings. The van der Waals surface area contributed by atoms with Crippen LogP contribution in [0, 0.1) is 0 Å². The number of hydrogen-bond donors (Lipinski definition) is 0. The maximum absolute atomic E-state index is 11.9. The molecular formula is C10H9ClN2O2S. The predicted molar refractivity (Wildman–Crippen MR) is 62.3 cm³/mol. The molecule has 0 amide bonds. The maximum Gasteiger partial charge on any atom is 0.181 e. The first-order valence-corrected chi connectivity index (χ1v) is 6.83. The van der Waals surface area contributed by atoms with Crippen LogP contribution in [0.3, 0.4) is 0 Å². The Kier molecular flexibility index (Phi) is 3.07. The Morgan fingerprint density at radius 1 is 1.25 bits per heavy atom. The van der Waals surface area contributed by atoms with Gasteiger partial charge in [0, 0.05) is 11.3 Å². The second-order valence-electron chi connectivity index (χ2n) is 3.23. The molecule has 1 aromatic carbocycles. The summed E-state index contributed by atoms with van der Waals surface area (Å²) in [6.45, 7) is 0. The minimum atomic E-state index is -3.37. The zero-order chi connectivity index (χ0) is 11.6. The molecule has 0 N–H and O–H groups in total. The van der Waals surface area contributed by atoms with Gasteiger partial charge in [0.15, 0.2) is 9.84 Å². The summed E-state index contributed by atoms with van der Waals surface area (Å²) in [5, 5.41) is 8.14. The van der Waals surface area contributed by atoms with Gasteiger partial charge in [-0.1, -0.05) is 18.2 Å². The minimum Gasteiger partial charge on any atom is -0.224 e. The van der Waals surface area contributed by atoms with E-state index in [1.54, 1.807) is 24.3 Å². The first-order chi connectivity index (χ1) is 7.65. The average molecular weight is 257 g/mol. The van der Waals surface area contributed by atoms with Crippen LogP contribution in [0.1, 0.15) is 0 Å². The molecule has 6 heteroatoms. The van der Waals surface area contributed by atoms with Crippen molar-refractivity contribution in [3.8, 4) is 0 Å². The highest BCUT2D eigenvalue weighted by Gasteiger charge is 2.17. The van der Waals surface area contributed by atoms with Crippen LogP contribution in [0.2, 0.25) is 0 Å². The van der Waals surface area contributed by atoms with E-state index in [0.717, 1.165) is 0 Å². The summed E-state index contributed by atoms with van der Waals surface area (Å²) < 4.78 is 23.8. The van der Waals surface area contributed by atoms with Gasteiger partial charge in [-0.25, -0.2) is 8.42 Å². The van der Waals surface area contributed by atoms with Crippen LogP contribution in [0.4, 0.5) is 0 Å². The Morgan fingerprint density at radius 2 is 2.00 bits per heavy atom. The Hall–Kier alpha value is -1.20. The second kappa shape index (κ2) is 4.35. The molecule has 0 fully saturated rings. The molecule has 16 heavy (non-hydrogen) atoms. The van der Waals surface area contributed by atoms with Gasteiger partial charge >= 0.3 is 0 Å². The van der Waals surface area contributed by atoms with Crippen molar-refractivity contribution < 1.29 is 8.42 Å². The van der Waals surface area contributed by atoms with Crippen LogP contribution < -0.4 is 0 Å². The van der Waals surface area contributed by atoms with Crippen molar-refractivity contribution >= 4 is 32.3 Å². The van der Waals surface area contributed by atoms with Gasteiger partial charge in [0.05, 0.1) is 22.4 Å². The van der Waals surface area contributed by atoms with Crippen LogP contribution >= 0.6 is 11.6 Å². The molecule has 0 aliphatic carbocycles. The lowest BCUT2D eigenvalue weighted by atomic mass is 10.2. The fourth-order valence-corrected chi connectivity index (χ4v) is 3.19. The summed E-state index contributed by atoms with van der Waals surface area (Å²) in [6.07, 6.45) is 1.27. The molecule has 1 aromatic heterocycles. The van der Waals surface area contributed by atoms with Crippen LogP contribution in [-0.2, 0) is 9.84 Å². The second-order valence-corrected chi connectivity index (χ2v) is 5.69. The third-order valence-corrected chi connectivity index (χ3v) is 4.34. The molecular weight excluding hydrogens is 248 g/mol. The van der Waals surface area contributed by atoms with E-state index in [1.807, 2.05) is 0 Å². The summed E-state index contributed by atoms with van der Waals surface area (Å²) in [5.74, 6) is -0.0246. The number of alkyl halides is 1. The Morgan fingerprint density at radius 3 is 2.75 bits per heavy atom. The summed E-state index contributed by atoms with van der Waals surface area (Å²) in [4.78, 5) is 0.193. The van der Waals surface area contributed by atoms with Crippen molar-refractivity contribution in [2.75, 3.05) is 11.6 Å². The average Bonchev–Trinajstić information content (AvgIpc) is 2.28. The highest BCUT2D eigenvalue weighted by molar-refractivity contribution is 7.91. The lowest BCUT2D eigenvalue weighted by Crippen LogP contribution is -2.09. The van der Waals surface area contributed by atoms with E-state index in [9.17, 15) is 8.42 Å². The lowest BCUT2D eigenvalue weighted by Gasteiger charge is -2.04. The summed E-state index contributed by atoms with van der Waals surface area (Å²) in [5.41, 5.74) is 0.568. The highest BCUT2D eigenvalue weighted by atomic mass is 35.5. The first kappa shape index (κ1) is 11.3. The van der Waals surface area contributed by atoms with Crippen molar-refractivity contribution in [2.45, 2.75) is 4.90 Å². The van der Waals surface area contributed by atoms with Gasteiger partial charge < -0.3 is 0 Å². The molecule has 0 saturated heterocycles. The van der Waals surface area contributed by atoms with Gasteiger partial charge in [-0.3, -0.25) is 0 Å². The van der Waals surface area contributed by atoms with E-state index >= 15 is 0 Å². The number of fused-ring (bicyclic) bond motifs is 1. The Labute approximate surface area is 98.2 Å². The molecule has 4 nitrogen and oxygen atoms in total. The van der Waals surface area contributed by atoms with Gasteiger partial charge in [-0.15, -0.1) is 11.6 Å². The number of nitrogens with zero attached hydrogens (tertiary/aromatic N) is 2. The molecule has 0 aliphatic heterocycles. The molecule has 2 aromatic rings. The van der Waals surface area contributed by atoms with E-state index in [-0.39, 0.29) is 16.5 Å². The first-order valence-electron chi connectivity index (χ1n) is 4.64. The van der Waals surface area contributed by atoms with Crippen LogP contribution in [0.25, 0.3) is 10.9 Å². The maximum atomic E-state index is 11.9. The molecule has 1 heterocycles. The molecule has 2 rings (SSSR count). The third-order valence-electron chi connectivity index (χ3n) is 2.19. The molecule has 0 bridgehead atoms. The lowest BCUT2D eigenvalue weighted by molar-refractivity contribution is 0.597. The topological polar surface area (TPSA) is 59.9 Å². The summed E-state index contributed by atoms with van der Waals surface area (Å²) in [6, 6.07) is 6.99. The fraction of sp³-hybridized carbons (Fsp3) is 0.200. The Bertz CT molecular complexity index is 608. The molecule has 84 valence electrons. The van der Waals surface area contributed by atoms with E-state index in [2.05, 4.69) is 10.2 Å². The number of rotatable bonds is 3. The molecule has 0 saturated carbocycles. The standard InChI is InChI=1S/C10H9ClN2O2S/c11-5-6-16(14,15)10-7-12-13-9-4-2-1-3-8(9)10/h1-4,7H,5-6H2. The number of sulfone groups is 1. The quantitative estimate of drug-likeness (QED) is 0.784. The largest absolute Gasteiger partial charge is 0.224 e. The number of halogens is 1. The monoisotopic (exact) mass is 256 g/mol. The van der Waals surface area contributed by atoms with Gasteiger partial charge in [-0.2, -0.15) is 10.2 Å². The molecule has 0 atom stereocenters. The molecule has 0 spiro atoms. The smallest absolute Gasteiger partial charge is 0.181 e. The zero-order valence-electron chi connectivity index (χ0n) is 8.30. The van der Waals surface area contributed by atoms with E-state index in [0.29, 0.717) is 10.9 Å². The minimum absolute atomic E-state index is 0.0684. The fourth-order valence-electron chi connectivity index (χ4n) is 1.44. The van der Waals surface area contributed by atoms with Crippen LogP contribution in [-0.4, -0.2) is 30.2 Å². The van der Waals surface area contributed by atoms with E-state index in [1.165, 1.54) is 6.20 Å². The van der Waals surface area contributed by atoms with E-state index in [4.69, 9.17) is 11.6 Å². The number of hydrogen-bond acceptors (Lipinski definition) is 4. The normalized spacial score (nSPS) is 11.8. The SMILES string of the molecule is O=S(=O)(CCCl)c1cnnc2ccccc12. The van der Waals surface area contributed by atoms with Crippen LogP contribution in [0.15, 0.2) is 35.4 Å². The highest BCUT2D eigenvalue weighted by Crippen LogP contribution is 2.20. The van der Waals surface area contributed by atoms with Crippen molar-refractivity contribution in [2.24, 2.45) is 0 Å². The number of aromatic nitrogens is 2. The van der Waals surface area contributed by atoms with Crippen LogP contribution in [0.5, 0.6) is 0 Å². The van der Waals surface area contributed by atoms with Gasteiger partial charge in [0.1, 0.15) is 0 Å². The predicted octanol–water partition coefficient (Wildman–Crippen LogP) is 1.64. The Balaban J connectivity index is 2.70. The van der Waals surface area contributed by atoms with Gasteiger partial charge in [-0.05, 0) is 6.07 Å². The number of benzene rings is 1. The van der Waals surface area contributed by atoms with Crippen molar-refractivity contribution in [3.05, 3.63) is 30.5 Å². The van der Waals surface area contributed by atoms with Crippen molar-refractivity contribution in [1.82, 2.24) is 10.2 Å². The van der Waals surface area contributed by atoms with Gasteiger partial charge in [0.2, 0.25) is 0 Å². The third kappa shape index (κ3) is 2.01. The van der Waals surface area contributed by atoms with E-state index < -0.39 is 9.84 Å². The van der Waals surface area contributed by atoms with Crippen molar-refractivity contribution in [3.63, 3.8) is 0 Å². The van der Waals surface area contributed by atoms with Crippen molar-refractivity contribution in [1.29, 1.82) is 0 Å². The molecule has 0 unspecified atom stereocenters. The molecule has 0 radical (unpaired) electrons.